The summed E-state index contributed by atoms with van der Waals surface area (Å²) in [6, 6.07) is 1.55. The lowest BCUT2D eigenvalue weighted by atomic mass is 10.0. The first-order valence-electron chi connectivity index (χ1n) is 12.3. The summed E-state index contributed by atoms with van der Waals surface area (Å²) in [5.74, 6) is -3.17. The van der Waals surface area contributed by atoms with E-state index >= 15 is 8.78 Å². The van der Waals surface area contributed by atoms with Crippen molar-refractivity contribution < 1.29 is 41.0 Å². The van der Waals surface area contributed by atoms with Gasteiger partial charge in [0.25, 0.3) is 0 Å². The maximum absolute atomic E-state index is 15.4. The van der Waals surface area contributed by atoms with Gasteiger partial charge in [-0.15, -0.1) is 0 Å². The molecule has 1 aliphatic rings. The highest BCUT2D eigenvalue weighted by Crippen LogP contribution is 2.36. The molecule has 0 bridgehead atoms. The van der Waals surface area contributed by atoms with Crippen LogP contribution < -0.4 is 20.7 Å². The van der Waals surface area contributed by atoms with Gasteiger partial charge in [0.2, 0.25) is 11.9 Å². The molecular formula is C26H27F5N6O4. The van der Waals surface area contributed by atoms with Crippen molar-refractivity contribution >= 4 is 28.6 Å². The first-order chi connectivity index (χ1) is 19.5. The van der Waals surface area contributed by atoms with E-state index in [0.717, 1.165) is 12.1 Å². The molecule has 10 nitrogen and oxygen atoms in total. The molecule has 2 atom stereocenters. The maximum atomic E-state index is 15.4. The predicted molar refractivity (Wildman–Crippen MR) is 139 cm³/mol. The van der Waals surface area contributed by atoms with Gasteiger partial charge in [-0.05, 0) is 24.6 Å². The maximum Gasteiger partial charge on any atom is 0.405 e. The van der Waals surface area contributed by atoms with Crippen LogP contribution in [0.1, 0.15) is 12.0 Å². The van der Waals surface area contributed by atoms with Gasteiger partial charge in [-0.3, -0.25) is 4.79 Å². The summed E-state index contributed by atoms with van der Waals surface area (Å²) in [5, 5.41) is 8.14. The topological polar surface area (TPSA) is 120 Å². The van der Waals surface area contributed by atoms with Crippen LogP contribution >= 0.6 is 0 Å². The SMILES string of the molecule is C=CC(=O)NC1CCOC[C@H]1Nc1ncc2cc(-c3c(F)c(COC)cc(OC)c3F)nc(NCC(F)(F)F)c2n1. The van der Waals surface area contributed by atoms with Gasteiger partial charge in [-0.1, -0.05) is 6.58 Å². The number of hydrogen-bond acceptors (Lipinski definition) is 9. The van der Waals surface area contributed by atoms with Gasteiger partial charge in [0, 0.05) is 30.9 Å². The lowest BCUT2D eigenvalue weighted by Gasteiger charge is -2.32. The molecule has 0 spiro atoms. The first-order valence-corrected chi connectivity index (χ1v) is 12.3. The molecule has 4 rings (SSSR count). The number of fused-ring (bicyclic) bond motifs is 1. The van der Waals surface area contributed by atoms with Gasteiger partial charge >= 0.3 is 6.18 Å². The van der Waals surface area contributed by atoms with E-state index in [1.807, 2.05) is 0 Å². The minimum atomic E-state index is -4.63. The fourth-order valence-electron chi connectivity index (χ4n) is 4.30. The number of nitrogens with zero attached hydrogens (tertiary/aromatic N) is 3. The van der Waals surface area contributed by atoms with E-state index in [1.54, 1.807) is 0 Å². The van der Waals surface area contributed by atoms with Crippen molar-refractivity contribution in [3.63, 3.8) is 0 Å². The summed E-state index contributed by atoms with van der Waals surface area (Å²) in [4.78, 5) is 24.5. The van der Waals surface area contributed by atoms with Crippen LogP contribution in [0.15, 0.2) is 31.0 Å². The molecule has 3 N–H and O–H groups in total. The third kappa shape index (κ3) is 6.97. The van der Waals surface area contributed by atoms with Crippen LogP contribution in [-0.4, -0.2) is 73.1 Å². The molecule has 1 saturated heterocycles. The van der Waals surface area contributed by atoms with Gasteiger partial charge in [0.15, 0.2) is 17.4 Å². The summed E-state index contributed by atoms with van der Waals surface area (Å²) in [7, 11) is 2.51. The van der Waals surface area contributed by atoms with Crippen molar-refractivity contribution in [1.29, 1.82) is 0 Å². The van der Waals surface area contributed by atoms with E-state index in [9.17, 15) is 18.0 Å². The highest BCUT2D eigenvalue weighted by Gasteiger charge is 2.30. The normalized spacial score (nSPS) is 17.2. The quantitative estimate of drug-likeness (QED) is 0.241. The number of methoxy groups -OCH3 is 2. The Hall–Kier alpha value is -4.11. The van der Waals surface area contributed by atoms with Crippen LogP contribution in [0.2, 0.25) is 0 Å². The average Bonchev–Trinajstić information content (AvgIpc) is 2.94. The summed E-state index contributed by atoms with van der Waals surface area (Å²) in [6.45, 7) is 2.32. The van der Waals surface area contributed by atoms with Crippen molar-refractivity contribution in [3.8, 4) is 17.0 Å². The zero-order valence-electron chi connectivity index (χ0n) is 22.1. The smallest absolute Gasteiger partial charge is 0.405 e. The second-order valence-electron chi connectivity index (χ2n) is 9.06. The number of amides is 1. The van der Waals surface area contributed by atoms with Crippen molar-refractivity contribution in [3.05, 3.63) is 48.2 Å². The minimum Gasteiger partial charge on any atom is -0.494 e. The third-order valence-electron chi connectivity index (χ3n) is 6.22. The van der Waals surface area contributed by atoms with E-state index in [-0.39, 0.29) is 64.8 Å². The Labute approximate surface area is 231 Å². The summed E-state index contributed by atoms with van der Waals surface area (Å²) < 4.78 is 85.6. The highest BCUT2D eigenvalue weighted by atomic mass is 19.4. The number of halogens is 5. The molecule has 1 amide bonds. The molecule has 15 heteroatoms. The first kappa shape index (κ1) is 29.9. The molecular weight excluding hydrogens is 555 g/mol. The van der Waals surface area contributed by atoms with Crippen LogP contribution in [0.3, 0.4) is 0 Å². The minimum absolute atomic E-state index is 0.0107. The van der Waals surface area contributed by atoms with E-state index < -0.39 is 36.0 Å². The largest absolute Gasteiger partial charge is 0.494 e. The number of carbonyl (C=O) groups excluding carboxylic acids is 1. The second-order valence-corrected chi connectivity index (χ2v) is 9.06. The number of alkyl halides is 3. The molecule has 1 unspecified atom stereocenters. The number of rotatable bonds is 10. The third-order valence-corrected chi connectivity index (χ3v) is 6.22. The number of hydrogen-bond donors (Lipinski definition) is 3. The molecule has 220 valence electrons. The monoisotopic (exact) mass is 582 g/mol. The Morgan fingerprint density at radius 3 is 2.66 bits per heavy atom. The molecule has 1 fully saturated rings. The number of aromatic nitrogens is 3. The molecule has 0 radical (unpaired) electrons. The number of anilines is 2. The van der Waals surface area contributed by atoms with Crippen molar-refractivity contribution in [1.82, 2.24) is 20.3 Å². The van der Waals surface area contributed by atoms with Crippen LogP contribution in [0.25, 0.3) is 22.2 Å². The Morgan fingerprint density at radius 1 is 1.20 bits per heavy atom. The van der Waals surface area contributed by atoms with Gasteiger partial charge in [0.05, 0.1) is 43.7 Å². The van der Waals surface area contributed by atoms with Gasteiger partial charge in [-0.2, -0.15) is 13.2 Å². The zero-order valence-corrected chi connectivity index (χ0v) is 22.1. The Morgan fingerprint density at radius 2 is 1.98 bits per heavy atom. The van der Waals surface area contributed by atoms with E-state index in [4.69, 9.17) is 14.2 Å². The molecule has 1 aliphatic heterocycles. The van der Waals surface area contributed by atoms with Crippen molar-refractivity contribution in [2.45, 2.75) is 31.3 Å². The molecule has 41 heavy (non-hydrogen) atoms. The molecule has 1 aromatic carbocycles. The molecule has 0 saturated carbocycles. The van der Waals surface area contributed by atoms with Gasteiger partial charge in [0.1, 0.15) is 17.9 Å². The number of ether oxygens (including phenoxy) is 3. The second kappa shape index (κ2) is 12.6. The molecule has 3 heterocycles. The number of pyridine rings is 1. The van der Waals surface area contributed by atoms with E-state index in [0.29, 0.717) is 13.0 Å². The summed E-state index contributed by atoms with van der Waals surface area (Å²) in [5.41, 5.74) is -1.02. The molecule has 2 aromatic heterocycles. The van der Waals surface area contributed by atoms with Gasteiger partial charge < -0.3 is 30.2 Å². The van der Waals surface area contributed by atoms with Crippen molar-refractivity contribution in [2.75, 3.05) is 44.6 Å². The summed E-state index contributed by atoms with van der Waals surface area (Å²) in [6.07, 6.45) is -1.74. The molecule has 3 aromatic rings. The van der Waals surface area contributed by atoms with Crippen LogP contribution in [0.4, 0.5) is 33.7 Å². The fourth-order valence-corrected chi connectivity index (χ4v) is 4.30. The Bertz CT molecular complexity index is 1440. The fraction of sp³-hybridized carbons (Fsp3) is 0.385. The Balaban J connectivity index is 1.79. The highest BCUT2D eigenvalue weighted by molar-refractivity contribution is 5.92. The zero-order chi connectivity index (χ0) is 29.7. The summed E-state index contributed by atoms with van der Waals surface area (Å²) >= 11 is 0. The number of nitrogens with one attached hydrogen (secondary N) is 3. The van der Waals surface area contributed by atoms with Gasteiger partial charge in [-0.25, -0.2) is 23.7 Å². The van der Waals surface area contributed by atoms with Crippen LogP contribution in [-0.2, 0) is 20.9 Å². The van der Waals surface area contributed by atoms with Crippen LogP contribution in [0, 0.1) is 11.6 Å². The average molecular weight is 583 g/mol. The van der Waals surface area contributed by atoms with Crippen molar-refractivity contribution in [2.24, 2.45) is 0 Å². The molecule has 0 aliphatic carbocycles. The predicted octanol–water partition coefficient (Wildman–Crippen LogP) is 3.97. The Kier molecular flexibility index (Phi) is 9.18. The lowest BCUT2D eigenvalue weighted by Crippen LogP contribution is -2.52. The van der Waals surface area contributed by atoms with E-state index in [2.05, 4.69) is 37.5 Å². The standard InChI is InChI=1S/C26H27F5N6O4/c1-4-19(38)34-15-5-6-41-11-17(15)36-25-32-9-13-7-16(35-24(23(13)37-25)33-12-26(29,30)31)20-21(27)14(10-39-2)8-18(40-3)22(20)28/h4,7-9,15,17H,1,5-6,10-12H2,2-3H3,(H,33,35)(H,34,38)(H,32,36,37)/t15?,17-/m1/s1. The number of benzene rings is 1. The lowest BCUT2D eigenvalue weighted by molar-refractivity contribution is -0.118. The van der Waals surface area contributed by atoms with Crippen LogP contribution in [0.5, 0.6) is 5.75 Å². The number of carbonyl (C=O) groups is 1. The van der Waals surface area contributed by atoms with E-state index in [1.165, 1.54) is 26.5 Å².